The number of nitrogens with one attached hydrogen (secondary N) is 1. The number of esters is 1. The molecule has 10 nitrogen and oxygen atoms in total. The largest absolute Gasteiger partial charge is 0.455 e. The third-order valence-electron chi connectivity index (χ3n) is 9.54. The van der Waals surface area contributed by atoms with Gasteiger partial charge in [0.25, 0.3) is 0 Å². The van der Waals surface area contributed by atoms with Crippen molar-refractivity contribution < 1.29 is 33.8 Å². The molecule has 4 rings (SSSR count). The second-order valence-corrected chi connectivity index (χ2v) is 13.7. The van der Waals surface area contributed by atoms with Crippen LogP contribution in [0.1, 0.15) is 84.3 Å². The number of aliphatic hydroxyl groups is 1. The Kier molecular flexibility index (Phi) is 11.5. The molecule has 1 spiro atoms. The summed E-state index contributed by atoms with van der Waals surface area (Å²) in [5, 5.41) is 12.3. The third kappa shape index (κ3) is 7.08. The highest BCUT2D eigenvalue weighted by molar-refractivity contribution is 5.98. The lowest BCUT2D eigenvalue weighted by Gasteiger charge is -2.42. The molecule has 0 saturated carbocycles. The number of hydrogen-bond acceptors (Lipinski definition) is 7. The fourth-order valence-corrected chi connectivity index (χ4v) is 7.42. The molecule has 3 fully saturated rings. The van der Waals surface area contributed by atoms with Gasteiger partial charge >= 0.3 is 5.97 Å². The highest BCUT2D eigenvalue weighted by atomic mass is 16.6. The minimum absolute atomic E-state index is 0.0500. The minimum Gasteiger partial charge on any atom is -0.455 e. The lowest BCUT2D eigenvalue weighted by molar-refractivity contribution is -0.162. The highest BCUT2D eigenvalue weighted by Gasteiger charge is 2.75. The van der Waals surface area contributed by atoms with E-state index in [-0.39, 0.29) is 30.7 Å². The second kappa shape index (κ2) is 14.9. The summed E-state index contributed by atoms with van der Waals surface area (Å²) >= 11 is 0. The van der Waals surface area contributed by atoms with Crippen LogP contribution < -0.4 is 5.32 Å². The Hall–Kier alpha value is -3.50. The van der Waals surface area contributed by atoms with Crippen LogP contribution in [-0.4, -0.2) is 87.6 Å². The molecular weight excluding hydrogens is 586 g/mol. The number of benzene rings is 1. The fourth-order valence-electron chi connectivity index (χ4n) is 7.42. The molecule has 3 aliphatic heterocycles. The van der Waals surface area contributed by atoms with Gasteiger partial charge in [0.2, 0.25) is 17.7 Å². The van der Waals surface area contributed by atoms with Crippen LogP contribution in [0.15, 0.2) is 55.6 Å². The smallest absolute Gasteiger partial charge is 0.313 e. The van der Waals surface area contributed by atoms with E-state index in [2.05, 4.69) is 18.5 Å². The first-order chi connectivity index (χ1) is 21.9. The van der Waals surface area contributed by atoms with Gasteiger partial charge in [0.15, 0.2) is 0 Å². The number of aliphatic hydroxyl groups excluding tert-OH is 1. The predicted octanol–water partition coefficient (Wildman–Crippen LogP) is 4.09. The number of nitrogens with zero attached hydrogens (tertiary/aromatic N) is 2. The van der Waals surface area contributed by atoms with Crippen LogP contribution in [0.5, 0.6) is 0 Å². The van der Waals surface area contributed by atoms with Crippen molar-refractivity contribution in [2.75, 3.05) is 19.7 Å². The number of allylic oxidation sites excluding steroid dienone is 1. The number of hydrogen-bond donors (Lipinski definition) is 2. The van der Waals surface area contributed by atoms with E-state index in [1.165, 1.54) is 0 Å². The zero-order chi connectivity index (χ0) is 33.6. The Morgan fingerprint density at radius 1 is 1.17 bits per heavy atom. The molecule has 2 bridgehead atoms. The molecule has 252 valence electrons. The van der Waals surface area contributed by atoms with E-state index >= 15 is 0 Å². The van der Waals surface area contributed by atoms with Gasteiger partial charge < -0.3 is 29.7 Å². The zero-order valence-corrected chi connectivity index (χ0v) is 27.8. The van der Waals surface area contributed by atoms with Crippen LogP contribution in [0.3, 0.4) is 0 Å². The number of amides is 3. The average Bonchev–Trinajstić information content (AvgIpc) is 3.66. The van der Waals surface area contributed by atoms with E-state index in [1.54, 1.807) is 28.9 Å². The molecule has 1 aromatic carbocycles. The molecular formula is C36H51N3O7. The summed E-state index contributed by atoms with van der Waals surface area (Å²) in [6.45, 7) is 15.8. The Labute approximate surface area is 273 Å². The Balaban J connectivity index is 1.66. The van der Waals surface area contributed by atoms with Crippen LogP contribution in [-0.2, 0) is 28.7 Å². The lowest BCUT2D eigenvalue weighted by Crippen LogP contribution is -2.59. The molecule has 1 aromatic rings. The van der Waals surface area contributed by atoms with Crippen molar-refractivity contribution in [3.05, 3.63) is 61.2 Å². The van der Waals surface area contributed by atoms with Crippen molar-refractivity contribution in [3.63, 3.8) is 0 Å². The number of unbranched alkanes of at least 4 members (excludes halogenated alkanes) is 2. The SMILES string of the molecule is C=CCCC(=O)N[C@H](C)[C@@H](OC(=O)[C@@H]1[C@@H]2CC[C@]3(O2)[C@H](C(=O)N(CC=C)C(C)(C)C)N(CCCCCO)C(=O)[C@@H]13)c1ccccc1. The van der Waals surface area contributed by atoms with Gasteiger partial charge in [-0.1, -0.05) is 42.5 Å². The first-order valence-corrected chi connectivity index (χ1v) is 16.6. The van der Waals surface area contributed by atoms with E-state index in [1.807, 2.05) is 51.1 Å². The molecule has 0 aromatic heterocycles. The molecule has 3 amide bonds. The van der Waals surface area contributed by atoms with Gasteiger partial charge in [0.1, 0.15) is 17.7 Å². The summed E-state index contributed by atoms with van der Waals surface area (Å²) in [7, 11) is 0. The molecule has 3 saturated heterocycles. The number of carbonyl (C=O) groups excluding carboxylic acids is 4. The van der Waals surface area contributed by atoms with Crippen molar-refractivity contribution in [2.24, 2.45) is 11.8 Å². The number of fused-ring (bicyclic) bond motifs is 1. The van der Waals surface area contributed by atoms with Gasteiger partial charge in [-0.05, 0) is 71.8 Å². The summed E-state index contributed by atoms with van der Waals surface area (Å²) in [4.78, 5) is 59.0. The number of likely N-dealkylation sites (tertiary alicyclic amines) is 1. The summed E-state index contributed by atoms with van der Waals surface area (Å²) in [6.07, 6.45) is 5.66. The monoisotopic (exact) mass is 637 g/mol. The van der Waals surface area contributed by atoms with Crippen LogP contribution in [0.2, 0.25) is 0 Å². The first kappa shape index (κ1) is 35.4. The molecule has 3 aliphatic rings. The van der Waals surface area contributed by atoms with Gasteiger partial charge in [-0.15, -0.1) is 13.2 Å². The van der Waals surface area contributed by atoms with Crippen molar-refractivity contribution in [1.82, 2.24) is 15.1 Å². The molecule has 0 radical (unpaired) electrons. The van der Waals surface area contributed by atoms with E-state index < -0.39 is 53.2 Å². The average molecular weight is 638 g/mol. The molecule has 46 heavy (non-hydrogen) atoms. The summed E-state index contributed by atoms with van der Waals surface area (Å²) < 4.78 is 12.8. The molecule has 10 heteroatoms. The van der Waals surface area contributed by atoms with Crippen molar-refractivity contribution in [3.8, 4) is 0 Å². The van der Waals surface area contributed by atoms with E-state index in [0.29, 0.717) is 57.2 Å². The zero-order valence-electron chi connectivity index (χ0n) is 27.8. The number of ether oxygens (including phenoxy) is 2. The fraction of sp³-hybridized carbons (Fsp3) is 0.611. The number of rotatable bonds is 16. The van der Waals surface area contributed by atoms with Crippen molar-refractivity contribution >= 4 is 23.7 Å². The van der Waals surface area contributed by atoms with Crippen LogP contribution in [0.4, 0.5) is 0 Å². The van der Waals surface area contributed by atoms with Gasteiger partial charge in [0.05, 0.1) is 24.0 Å². The van der Waals surface area contributed by atoms with Crippen LogP contribution >= 0.6 is 0 Å². The standard InChI is InChI=1S/C36H51N3O7/c1-7-9-18-27(41)37-24(3)30(25-16-12-10-13-17-25)45-34(44)28-26-19-20-36(46-26)29(28)32(42)38(22-14-11-15-23-40)31(36)33(43)39(21-8-2)35(4,5)6/h7-8,10,12-13,16-17,24,26,28-31,40H,1-2,9,11,14-15,18-23H2,3-6H3,(H,37,41)/t24-,26+,28-,29-,30-,31+,36-/m1/s1. The number of carbonyl (C=O) groups is 4. The highest BCUT2D eigenvalue weighted by Crippen LogP contribution is 2.59. The molecule has 2 N–H and O–H groups in total. The van der Waals surface area contributed by atoms with Gasteiger partial charge in [0, 0.05) is 31.7 Å². The predicted molar refractivity (Wildman–Crippen MR) is 174 cm³/mol. The topological polar surface area (TPSA) is 125 Å². The van der Waals surface area contributed by atoms with Gasteiger partial charge in [-0.2, -0.15) is 0 Å². The normalized spacial score (nSPS) is 26.3. The van der Waals surface area contributed by atoms with Crippen LogP contribution in [0.25, 0.3) is 0 Å². The lowest BCUT2D eigenvalue weighted by atomic mass is 9.70. The second-order valence-electron chi connectivity index (χ2n) is 13.7. The van der Waals surface area contributed by atoms with Crippen molar-refractivity contribution in [1.29, 1.82) is 0 Å². The quantitative estimate of drug-likeness (QED) is 0.159. The Morgan fingerprint density at radius 2 is 1.89 bits per heavy atom. The van der Waals surface area contributed by atoms with E-state index in [9.17, 15) is 24.3 Å². The maximum absolute atomic E-state index is 14.5. The third-order valence-corrected chi connectivity index (χ3v) is 9.54. The minimum atomic E-state index is -1.16. The molecule has 0 unspecified atom stereocenters. The van der Waals surface area contributed by atoms with Gasteiger partial charge in [-0.25, -0.2) is 0 Å². The van der Waals surface area contributed by atoms with E-state index in [4.69, 9.17) is 9.47 Å². The van der Waals surface area contributed by atoms with Crippen LogP contribution in [0, 0.1) is 11.8 Å². The Morgan fingerprint density at radius 3 is 2.52 bits per heavy atom. The summed E-state index contributed by atoms with van der Waals surface area (Å²) in [5.41, 5.74) is -0.986. The summed E-state index contributed by atoms with van der Waals surface area (Å²) in [6, 6.07) is 7.78. The molecule has 3 heterocycles. The molecule has 7 atom stereocenters. The van der Waals surface area contributed by atoms with E-state index in [0.717, 1.165) is 0 Å². The van der Waals surface area contributed by atoms with Crippen molar-refractivity contribution in [2.45, 2.75) is 108 Å². The molecule has 0 aliphatic carbocycles. The van der Waals surface area contributed by atoms with Gasteiger partial charge in [-0.3, -0.25) is 19.2 Å². The maximum atomic E-state index is 14.5. The summed E-state index contributed by atoms with van der Waals surface area (Å²) in [5.74, 6) is -3.02. The maximum Gasteiger partial charge on any atom is 0.313 e. The Bertz CT molecular complexity index is 1280. The first-order valence-electron chi connectivity index (χ1n) is 16.6.